The maximum absolute atomic E-state index is 13.3. The molecule has 2 aliphatic heterocycles. The van der Waals surface area contributed by atoms with Gasteiger partial charge >= 0.3 is 0 Å². The van der Waals surface area contributed by atoms with Crippen molar-refractivity contribution in [3.63, 3.8) is 0 Å². The van der Waals surface area contributed by atoms with E-state index in [4.69, 9.17) is 4.98 Å². The number of benzene rings is 1. The third-order valence-electron chi connectivity index (χ3n) is 6.35. The van der Waals surface area contributed by atoms with Crippen LogP contribution in [0.2, 0.25) is 0 Å². The van der Waals surface area contributed by atoms with Crippen LogP contribution in [0, 0.1) is 0 Å². The average Bonchev–Trinajstić information content (AvgIpc) is 2.78. The summed E-state index contributed by atoms with van der Waals surface area (Å²) < 4.78 is 0. The number of ketones is 1. The van der Waals surface area contributed by atoms with Crippen LogP contribution < -0.4 is 15.8 Å². The van der Waals surface area contributed by atoms with Crippen LogP contribution in [0.5, 0.6) is 0 Å². The van der Waals surface area contributed by atoms with Crippen molar-refractivity contribution in [2.45, 2.75) is 49.3 Å². The van der Waals surface area contributed by atoms with Crippen molar-refractivity contribution in [3.05, 3.63) is 57.0 Å². The molecule has 6 nitrogen and oxygen atoms in total. The Morgan fingerprint density at radius 1 is 1.03 bits per heavy atom. The third kappa shape index (κ3) is 3.35. The fourth-order valence-corrected chi connectivity index (χ4v) is 5.24. The number of thioether (sulfide) groups is 1. The average molecular weight is 423 g/mol. The zero-order valence-electron chi connectivity index (χ0n) is 17.2. The van der Waals surface area contributed by atoms with Gasteiger partial charge in [0.25, 0.3) is 5.56 Å². The third-order valence-corrected chi connectivity index (χ3v) is 7.09. The number of piperidine rings is 1. The molecule has 30 heavy (non-hydrogen) atoms. The summed E-state index contributed by atoms with van der Waals surface area (Å²) in [5.41, 5.74) is 3.04. The van der Waals surface area contributed by atoms with Gasteiger partial charge in [0.15, 0.2) is 5.78 Å². The van der Waals surface area contributed by atoms with E-state index in [1.807, 2.05) is 18.4 Å². The quantitative estimate of drug-likeness (QED) is 0.727. The summed E-state index contributed by atoms with van der Waals surface area (Å²) in [6.45, 7) is 1.82. The molecule has 1 fully saturated rings. The van der Waals surface area contributed by atoms with Gasteiger partial charge in [-0.25, -0.2) is 0 Å². The maximum Gasteiger partial charge on any atom is 0.258 e. The zero-order chi connectivity index (χ0) is 20.7. The fourth-order valence-electron chi connectivity index (χ4n) is 4.83. The SMILES string of the molecule is CSc1ccc([C@H]2C3=C(CCCC3=O)Nc3nc(N4CCCCC4)[nH]c(=O)c32)cc1. The van der Waals surface area contributed by atoms with E-state index in [0.717, 1.165) is 60.5 Å². The lowest BCUT2D eigenvalue weighted by atomic mass is 9.76. The second-order valence-electron chi connectivity index (χ2n) is 8.20. The van der Waals surface area contributed by atoms with Gasteiger partial charge in [0.05, 0.1) is 5.56 Å². The minimum Gasteiger partial charge on any atom is -0.343 e. The van der Waals surface area contributed by atoms with Crippen molar-refractivity contribution in [3.8, 4) is 0 Å². The molecule has 3 heterocycles. The predicted octanol–water partition coefficient (Wildman–Crippen LogP) is 4.05. The van der Waals surface area contributed by atoms with E-state index in [1.54, 1.807) is 11.8 Å². The molecule has 0 unspecified atom stereocenters. The summed E-state index contributed by atoms with van der Waals surface area (Å²) in [4.78, 5) is 37.4. The number of nitrogens with one attached hydrogen (secondary N) is 2. The molecule has 1 aromatic carbocycles. The molecule has 0 radical (unpaired) electrons. The van der Waals surface area contributed by atoms with Gasteiger partial charge in [0, 0.05) is 41.6 Å². The number of hydrogen-bond acceptors (Lipinski definition) is 6. The lowest BCUT2D eigenvalue weighted by Gasteiger charge is -2.34. The normalized spacial score (nSPS) is 21.2. The Kier molecular flexibility index (Phi) is 5.15. The molecule has 1 saturated heterocycles. The van der Waals surface area contributed by atoms with E-state index < -0.39 is 0 Å². The maximum atomic E-state index is 13.3. The van der Waals surface area contributed by atoms with Crippen molar-refractivity contribution in [1.29, 1.82) is 0 Å². The Balaban J connectivity index is 1.65. The fraction of sp³-hybridized carbons (Fsp3) is 0.435. The Bertz CT molecular complexity index is 1070. The molecular weight excluding hydrogens is 396 g/mol. The zero-order valence-corrected chi connectivity index (χ0v) is 18.0. The van der Waals surface area contributed by atoms with Gasteiger partial charge < -0.3 is 10.2 Å². The molecule has 0 bridgehead atoms. The summed E-state index contributed by atoms with van der Waals surface area (Å²) in [6, 6.07) is 8.18. The molecule has 1 aliphatic carbocycles. The molecule has 2 N–H and O–H groups in total. The largest absolute Gasteiger partial charge is 0.343 e. The van der Waals surface area contributed by atoms with Gasteiger partial charge in [-0.2, -0.15) is 4.98 Å². The van der Waals surface area contributed by atoms with Crippen LogP contribution in [0.15, 0.2) is 45.2 Å². The van der Waals surface area contributed by atoms with Gasteiger partial charge in [0.2, 0.25) is 5.95 Å². The summed E-state index contributed by atoms with van der Waals surface area (Å²) >= 11 is 1.68. The lowest BCUT2D eigenvalue weighted by Crippen LogP contribution is -2.36. The van der Waals surface area contributed by atoms with Crippen LogP contribution in [0.3, 0.4) is 0 Å². The van der Waals surface area contributed by atoms with Crippen molar-refractivity contribution in [1.82, 2.24) is 9.97 Å². The molecule has 156 valence electrons. The van der Waals surface area contributed by atoms with Gasteiger partial charge in [-0.1, -0.05) is 12.1 Å². The summed E-state index contributed by atoms with van der Waals surface area (Å²) in [5.74, 6) is 1.000. The van der Waals surface area contributed by atoms with Crippen LogP contribution in [-0.2, 0) is 4.79 Å². The Labute approximate surface area is 180 Å². The molecule has 2 aromatic rings. The lowest BCUT2D eigenvalue weighted by molar-refractivity contribution is -0.116. The monoisotopic (exact) mass is 422 g/mol. The number of hydrogen-bond donors (Lipinski definition) is 2. The van der Waals surface area contributed by atoms with E-state index in [2.05, 4.69) is 27.3 Å². The number of allylic oxidation sites excluding steroid dienone is 2. The van der Waals surface area contributed by atoms with Crippen molar-refractivity contribution in [2.24, 2.45) is 0 Å². The topological polar surface area (TPSA) is 78.1 Å². The molecule has 0 saturated carbocycles. The van der Waals surface area contributed by atoms with Crippen LogP contribution in [0.4, 0.5) is 11.8 Å². The first-order valence-corrected chi connectivity index (χ1v) is 11.9. The molecular formula is C23H26N4O2S. The number of H-pyrrole nitrogens is 1. The van der Waals surface area contributed by atoms with Crippen LogP contribution in [0.1, 0.15) is 55.6 Å². The smallest absolute Gasteiger partial charge is 0.258 e. The van der Waals surface area contributed by atoms with E-state index in [-0.39, 0.29) is 17.3 Å². The van der Waals surface area contributed by atoms with Crippen LogP contribution in [0.25, 0.3) is 0 Å². The van der Waals surface area contributed by atoms with Gasteiger partial charge in [-0.3, -0.25) is 14.6 Å². The Morgan fingerprint density at radius 2 is 1.80 bits per heavy atom. The number of nitrogens with zero attached hydrogens (tertiary/aromatic N) is 2. The van der Waals surface area contributed by atoms with Crippen molar-refractivity contribution < 1.29 is 4.79 Å². The molecule has 1 aromatic heterocycles. The molecule has 3 aliphatic rings. The number of carbonyl (C=O) groups is 1. The second kappa shape index (κ2) is 7.95. The Hall–Kier alpha value is -2.54. The Morgan fingerprint density at radius 3 is 2.53 bits per heavy atom. The summed E-state index contributed by atoms with van der Waals surface area (Å²) in [7, 11) is 0. The van der Waals surface area contributed by atoms with Crippen LogP contribution in [-0.4, -0.2) is 35.1 Å². The van der Waals surface area contributed by atoms with Crippen LogP contribution >= 0.6 is 11.8 Å². The second-order valence-corrected chi connectivity index (χ2v) is 9.08. The number of carbonyl (C=O) groups excluding carboxylic acids is 1. The highest BCUT2D eigenvalue weighted by Gasteiger charge is 2.38. The van der Waals surface area contributed by atoms with E-state index in [0.29, 0.717) is 23.8 Å². The number of rotatable bonds is 3. The minimum atomic E-state index is -0.369. The van der Waals surface area contributed by atoms with E-state index >= 15 is 0 Å². The first-order chi connectivity index (χ1) is 14.7. The number of aromatic nitrogens is 2. The van der Waals surface area contributed by atoms with Crippen molar-refractivity contribution >= 4 is 29.3 Å². The highest BCUT2D eigenvalue weighted by Crippen LogP contribution is 2.43. The van der Waals surface area contributed by atoms with Gasteiger partial charge in [-0.05, 0) is 56.1 Å². The van der Waals surface area contributed by atoms with Gasteiger partial charge in [-0.15, -0.1) is 11.8 Å². The first kappa shape index (κ1) is 19.4. The molecule has 5 rings (SSSR count). The standard InChI is InChI=1S/C23H26N4O2S/c1-30-15-10-8-14(9-11-15)18-19-16(6-5-7-17(19)28)24-21-20(18)22(29)26-23(25-21)27-12-3-2-4-13-27/h8-11,18H,2-7,12-13H2,1H3,(H2,24,25,26,29)/t18-/m0/s1. The minimum absolute atomic E-state index is 0.132. The van der Waals surface area contributed by atoms with E-state index in [9.17, 15) is 9.59 Å². The first-order valence-electron chi connectivity index (χ1n) is 10.7. The van der Waals surface area contributed by atoms with Gasteiger partial charge in [0.1, 0.15) is 5.82 Å². The van der Waals surface area contributed by atoms with E-state index in [1.165, 1.54) is 6.42 Å². The molecule has 7 heteroatoms. The highest BCUT2D eigenvalue weighted by atomic mass is 32.2. The molecule has 0 amide bonds. The highest BCUT2D eigenvalue weighted by molar-refractivity contribution is 7.98. The number of fused-ring (bicyclic) bond motifs is 1. The van der Waals surface area contributed by atoms with Crippen molar-refractivity contribution in [2.75, 3.05) is 29.6 Å². The summed E-state index contributed by atoms with van der Waals surface area (Å²) in [6.07, 6.45) is 7.67. The number of anilines is 2. The summed E-state index contributed by atoms with van der Waals surface area (Å²) in [5, 5.41) is 3.37. The number of aromatic amines is 1. The number of Topliss-reactive ketones (excluding diaryl/α,β-unsaturated/α-hetero) is 1. The molecule has 1 atom stereocenters. The predicted molar refractivity (Wildman–Crippen MR) is 120 cm³/mol. The molecule has 0 spiro atoms.